The number of anilines is 2. The quantitative estimate of drug-likeness (QED) is 0.470. The number of hydrogen-bond donors (Lipinski definition) is 2. The molecule has 0 aliphatic carbocycles. The first-order chi connectivity index (χ1) is 8.52. The van der Waals surface area contributed by atoms with Crippen LogP contribution in [0.3, 0.4) is 0 Å². The molecule has 2 aromatic carbocycles. The predicted octanol–water partition coefficient (Wildman–Crippen LogP) is 3.10. The van der Waals surface area contributed by atoms with E-state index in [9.17, 15) is 10.1 Å². The van der Waals surface area contributed by atoms with E-state index in [2.05, 4.69) is 0 Å². The van der Waals surface area contributed by atoms with Crippen LogP contribution in [0.2, 0.25) is 5.02 Å². The standard InChI is InChI=1S/C6H5ClN2O2.C6H7N/c7-4-2-1-3-5(8)6(4)9(10)11;7-6-4-2-1-3-5-6/h1-3H,8H2;1-5H,7H2. The van der Waals surface area contributed by atoms with Gasteiger partial charge >= 0.3 is 5.69 Å². The van der Waals surface area contributed by atoms with Crippen LogP contribution in [0.1, 0.15) is 0 Å². The summed E-state index contributed by atoms with van der Waals surface area (Å²) in [5.74, 6) is 0. The molecule has 2 rings (SSSR count). The van der Waals surface area contributed by atoms with Gasteiger partial charge in [0.15, 0.2) is 0 Å². The molecule has 0 aliphatic rings. The van der Waals surface area contributed by atoms with Crippen molar-refractivity contribution in [1.29, 1.82) is 0 Å². The third-order valence-corrected chi connectivity index (χ3v) is 2.31. The highest BCUT2D eigenvalue weighted by Gasteiger charge is 2.14. The first kappa shape index (κ1) is 13.8. The van der Waals surface area contributed by atoms with Crippen molar-refractivity contribution in [3.63, 3.8) is 0 Å². The monoisotopic (exact) mass is 265 g/mol. The maximum Gasteiger partial charge on any atom is 0.310 e. The van der Waals surface area contributed by atoms with Crippen LogP contribution in [0.25, 0.3) is 0 Å². The molecule has 5 nitrogen and oxygen atoms in total. The lowest BCUT2D eigenvalue weighted by atomic mass is 10.3. The molecule has 94 valence electrons. The average molecular weight is 266 g/mol. The van der Waals surface area contributed by atoms with Gasteiger partial charge in [-0.2, -0.15) is 0 Å². The molecule has 0 spiro atoms. The first-order valence-corrected chi connectivity index (χ1v) is 5.39. The van der Waals surface area contributed by atoms with Crippen LogP contribution in [0.5, 0.6) is 0 Å². The Morgan fingerprint density at radius 1 is 1.00 bits per heavy atom. The van der Waals surface area contributed by atoms with E-state index in [1.54, 1.807) is 6.07 Å². The number of nitrogens with two attached hydrogens (primary N) is 2. The predicted molar refractivity (Wildman–Crippen MR) is 73.4 cm³/mol. The smallest absolute Gasteiger partial charge is 0.310 e. The Hall–Kier alpha value is -2.27. The van der Waals surface area contributed by atoms with Gasteiger partial charge in [-0.1, -0.05) is 35.9 Å². The second kappa shape index (κ2) is 6.46. The van der Waals surface area contributed by atoms with Crippen LogP contribution in [-0.2, 0) is 0 Å². The second-order valence-electron chi connectivity index (χ2n) is 3.35. The van der Waals surface area contributed by atoms with Crippen LogP contribution in [0, 0.1) is 10.1 Å². The number of rotatable bonds is 1. The lowest BCUT2D eigenvalue weighted by Crippen LogP contribution is -1.95. The number of benzene rings is 2. The SMILES string of the molecule is Nc1cccc(Cl)c1[N+](=O)[O-].Nc1ccccc1. The van der Waals surface area contributed by atoms with E-state index in [1.165, 1.54) is 12.1 Å². The Kier molecular flexibility index (Phi) is 4.95. The van der Waals surface area contributed by atoms with Crippen LogP contribution >= 0.6 is 11.6 Å². The number of nitrogen functional groups attached to an aromatic ring is 2. The van der Waals surface area contributed by atoms with Crippen LogP contribution in [-0.4, -0.2) is 4.92 Å². The van der Waals surface area contributed by atoms with Crippen molar-refractivity contribution in [2.45, 2.75) is 0 Å². The molecule has 0 saturated carbocycles. The third kappa shape index (κ3) is 3.95. The van der Waals surface area contributed by atoms with Gasteiger partial charge in [0, 0.05) is 5.69 Å². The summed E-state index contributed by atoms with van der Waals surface area (Å²) < 4.78 is 0. The van der Waals surface area contributed by atoms with E-state index in [-0.39, 0.29) is 16.4 Å². The first-order valence-electron chi connectivity index (χ1n) is 5.01. The number of halogens is 1. The molecular formula is C12H12ClN3O2. The molecule has 4 N–H and O–H groups in total. The topological polar surface area (TPSA) is 95.2 Å². The van der Waals surface area contributed by atoms with Gasteiger partial charge in [0.25, 0.3) is 0 Å². The van der Waals surface area contributed by atoms with Crippen LogP contribution in [0.15, 0.2) is 48.5 Å². The molecule has 0 radical (unpaired) electrons. The fourth-order valence-electron chi connectivity index (χ4n) is 1.18. The second-order valence-corrected chi connectivity index (χ2v) is 3.75. The summed E-state index contributed by atoms with van der Waals surface area (Å²) in [6.45, 7) is 0. The number of para-hydroxylation sites is 2. The largest absolute Gasteiger partial charge is 0.399 e. The van der Waals surface area contributed by atoms with E-state index >= 15 is 0 Å². The fraction of sp³-hybridized carbons (Fsp3) is 0. The molecular weight excluding hydrogens is 254 g/mol. The highest BCUT2D eigenvalue weighted by atomic mass is 35.5. The van der Waals surface area contributed by atoms with E-state index in [0.717, 1.165) is 5.69 Å². The van der Waals surface area contributed by atoms with E-state index in [1.807, 2.05) is 30.3 Å². The van der Waals surface area contributed by atoms with Crippen molar-refractivity contribution in [1.82, 2.24) is 0 Å². The van der Waals surface area contributed by atoms with Gasteiger partial charge in [0.2, 0.25) is 0 Å². The minimum absolute atomic E-state index is 0.0648. The fourth-order valence-corrected chi connectivity index (χ4v) is 1.43. The zero-order valence-electron chi connectivity index (χ0n) is 9.42. The maximum absolute atomic E-state index is 10.3. The third-order valence-electron chi connectivity index (χ3n) is 2.00. The van der Waals surface area contributed by atoms with Crippen LogP contribution in [0.4, 0.5) is 17.1 Å². The maximum atomic E-state index is 10.3. The molecule has 0 bridgehead atoms. The molecule has 0 amide bonds. The molecule has 0 fully saturated rings. The summed E-state index contributed by atoms with van der Waals surface area (Å²) in [4.78, 5) is 9.68. The van der Waals surface area contributed by atoms with Gasteiger partial charge in [0.1, 0.15) is 10.7 Å². The van der Waals surface area contributed by atoms with Gasteiger partial charge in [-0.05, 0) is 24.3 Å². The lowest BCUT2D eigenvalue weighted by molar-refractivity contribution is -0.383. The minimum atomic E-state index is -0.600. The lowest BCUT2D eigenvalue weighted by Gasteiger charge is -1.96. The molecule has 18 heavy (non-hydrogen) atoms. The Morgan fingerprint density at radius 3 is 1.94 bits per heavy atom. The highest BCUT2D eigenvalue weighted by Crippen LogP contribution is 2.29. The Labute approximate surface area is 109 Å². The minimum Gasteiger partial charge on any atom is -0.399 e. The normalized spacial score (nSPS) is 9.17. The molecule has 0 aliphatic heterocycles. The van der Waals surface area contributed by atoms with E-state index in [4.69, 9.17) is 23.1 Å². The van der Waals surface area contributed by atoms with Gasteiger partial charge in [0.05, 0.1) is 4.92 Å². The zero-order valence-corrected chi connectivity index (χ0v) is 10.2. The molecule has 0 unspecified atom stereocenters. The Bertz CT molecular complexity index is 512. The van der Waals surface area contributed by atoms with E-state index < -0.39 is 4.92 Å². The molecule has 0 saturated heterocycles. The number of nitro groups is 1. The molecule has 0 aromatic heterocycles. The number of nitro benzene ring substituents is 1. The molecule has 0 atom stereocenters. The summed E-state index contributed by atoms with van der Waals surface area (Å²) in [7, 11) is 0. The summed E-state index contributed by atoms with van der Waals surface area (Å²) in [6.07, 6.45) is 0. The van der Waals surface area contributed by atoms with Gasteiger partial charge < -0.3 is 11.5 Å². The molecule has 2 aromatic rings. The highest BCUT2D eigenvalue weighted by molar-refractivity contribution is 6.33. The van der Waals surface area contributed by atoms with Crippen molar-refractivity contribution in [3.05, 3.63) is 63.7 Å². The number of hydrogen-bond acceptors (Lipinski definition) is 4. The Morgan fingerprint density at radius 2 is 1.61 bits per heavy atom. The summed E-state index contributed by atoms with van der Waals surface area (Å²) in [5, 5.41) is 10.3. The summed E-state index contributed by atoms with van der Waals surface area (Å²) >= 11 is 5.50. The van der Waals surface area contributed by atoms with Crippen molar-refractivity contribution in [3.8, 4) is 0 Å². The van der Waals surface area contributed by atoms with Crippen molar-refractivity contribution in [2.24, 2.45) is 0 Å². The number of nitrogens with zero attached hydrogens (tertiary/aromatic N) is 1. The summed E-state index contributed by atoms with van der Waals surface area (Å²) in [6, 6.07) is 13.9. The van der Waals surface area contributed by atoms with Crippen LogP contribution < -0.4 is 11.5 Å². The van der Waals surface area contributed by atoms with Crippen molar-refractivity contribution in [2.75, 3.05) is 11.5 Å². The molecule has 6 heteroatoms. The van der Waals surface area contributed by atoms with E-state index in [0.29, 0.717) is 0 Å². The zero-order chi connectivity index (χ0) is 13.5. The summed E-state index contributed by atoms with van der Waals surface area (Å²) in [5.41, 5.74) is 11.3. The van der Waals surface area contributed by atoms with Gasteiger partial charge in [-0.3, -0.25) is 10.1 Å². The molecule has 0 heterocycles. The van der Waals surface area contributed by atoms with Crippen molar-refractivity contribution >= 4 is 28.7 Å². The average Bonchev–Trinajstić information content (AvgIpc) is 2.30. The Balaban J connectivity index is 0.000000199. The van der Waals surface area contributed by atoms with Crippen molar-refractivity contribution < 1.29 is 4.92 Å². The van der Waals surface area contributed by atoms with Gasteiger partial charge in [-0.15, -0.1) is 0 Å². The van der Waals surface area contributed by atoms with Gasteiger partial charge in [-0.25, -0.2) is 0 Å².